The van der Waals surface area contributed by atoms with Crippen molar-refractivity contribution >= 4 is 11.9 Å². The molecule has 0 bridgehead atoms. The van der Waals surface area contributed by atoms with Crippen LogP contribution in [0, 0.1) is 6.92 Å². The highest BCUT2D eigenvalue weighted by Gasteiger charge is 2.23. The van der Waals surface area contributed by atoms with E-state index in [1.807, 2.05) is 0 Å². The zero-order valence-electron chi connectivity index (χ0n) is 10.6. The summed E-state index contributed by atoms with van der Waals surface area (Å²) in [5.41, 5.74) is 5.71. The van der Waals surface area contributed by atoms with E-state index in [-0.39, 0.29) is 11.9 Å². The van der Waals surface area contributed by atoms with E-state index in [2.05, 4.69) is 20.4 Å². The van der Waals surface area contributed by atoms with Crippen LogP contribution in [-0.4, -0.2) is 46.7 Å². The maximum absolute atomic E-state index is 11.8. The van der Waals surface area contributed by atoms with Crippen LogP contribution < -0.4 is 11.1 Å². The van der Waals surface area contributed by atoms with Crippen molar-refractivity contribution in [2.24, 2.45) is 5.73 Å². The van der Waals surface area contributed by atoms with Crippen LogP contribution in [0.25, 0.3) is 0 Å². The first kappa shape index (κ1) is 13.0. The molecule has 0 radical (unpaired) electrons. The molecule has 1 amide bonds. The second-order valence-corrected chi connectivity index (χ2v) is 4.53. The first-order chi connectivity index (χ1) is 8.69. The molecule has 1 aromatic rings. The molecule has 100 valence electrons. The van der Waals surface area contributed by atoms with Gasteiger partial charge in [-0.1, -0.05) is 11.5 Å². The quantitative estimate of drug-likeness (QED) is 0.791. The average molecular weight is 253 g/mol. The molecule has 7 heteroatoms. The summed E-state index contributed by atoms with van der Waals surface area (Å²) in [5.74, 6) is 0.294. The molecule has 1 unspecified atom stereocenters. The van der Waals surface area contributed by atoms with Crippen LogP contribution in [0.5, 0.6) is 0 Å². The lowest BCUT2D eigenvalue weighted by Gasteiger charge is -2.34. The minimum atomic E-state index is -0.140. The maximum Gasteiger partial charge on any atom is 0.322 e. The summed E-state index contributed by atoms with van der Waals surface area (Å²) < 4.78 is 5.10. The number of hydrogen-bond acceptors (Lipinski definition) is 6. The fourth-order valence-corrected chi connectivity index (χ4v) is 2.23. The number of aryl methyl sites for hydroxylation is 1. The van der Waals surface area contributed by atoms with E-state index in [9.17, 15) is 4.79 Å². The van der Waals surface area contributed by atoms with E-state index in [1.54, 1.807) is 6.92 Å². The smallest absolute Gasteiger partial charge is 0.322 e. The lowest BCUT2D eigenvalue weighted by molar-refractivity contribution is -0.118. The number of piperidine rings is 1. The summed E-state index contributed by atoms with van der Waals surface area (Å²) in [5, 5.41) is 9.97. The number of carbonyl (C=O) groups excluding carboxylic acids is 1. The van der Waals surface area contributed by atoms with E-state index < -0.39 is 0 Å². The van der Waals surface area contributed by atoms with Gasteiger partial charge in [-0.25, -0.2) is 0 Å². The third kappa shape index (κ3) is 3.27. The Morgan fingerprint density at radius 2 is 2.39 bits per heavy atom. The van der Waals surface area contributed by atoms with Gasteiger partial charge in [0.15, 0.2) is 0 Å². The molecule has 2 rings (SSSR count). The highest BCUT2D eigenvalue weighted by Crippen LogP contribution is 2.15. The molecule has 3 N–H and O–H groups in total. The highest BCUT2D eigenvalue weighted by molar-refractivity contribution is 5.90. The predicted octanol–water partition coefficient (Wildman–Crippen LogP) is 0.130. The van der Waals surface area contributed by atoms with E-state index in [0.717, 1.165) is 19.4 Å². The first-order valence-corrected chi connectivity index (χ1v) is 6.23. The molecular weight excluding hydrogens is 234 g/mol. The second-order valence-electron chi connectivity index (χ2n) is 4.53. The summed E-state index contributed by atoms with van der Waals surface area (Å²) in [6, 6.07) is 0.452. The first-order valence-electron chi connectivity index (χ1n) is 6.23. The highest BCUT2D eigenvalue weighted by atomic mass is 16.4. The Bertz CT molecular complexity index is 406. The van der Waals surface area contributed by atoms with Gasteiger partial charge in [0.05, 0.1) is 6.54 Å². The lowest BCUT2D eigenvalue weighted by atomic mass is 10.0. The van der Waals surface area contributed by atoms with Crippen LogP contribution >= 0.6 is 0 Å². The summed E-state index contributed by atoms with van der Waals surface area (Å²) >= 11 is 0. The van der Waals surface area contributed by atoms with Crippen molar-refractivity contribution in [1.82, 2.24) is 15.1 Å². The maximum atomic E-state index is 11.8. The van der Waals surface area contributed by atoms with Crippen molar-refractivity contribution in [3.63, 3.8) is 0 Å². The Morgan fingerprint density at radius 3 is 3.06 bits per heavy atom. The molecule has 1 aromatic heterocycles. The van der Waals surface area contributed by atoms with Gasteiger partial charge in [-0.3, -0.25) is 15.0 Å². The van der Waals surface area contributed by atoms with Crippen molar-refractivity contribution in [2.75, 3.05) is 25.0 Å². The van der Waals surface area contributed by atoms with E-state index >= 15 is 0 Å². The van der Waals surface area contributed by atoms with Crippen LogP contribution in [0.2, 0.25) is 0 Å². The van der Waals surface area contributed by atoms with Gasteiger partial charge < -0.3 is 10.2 Å². The third-order valence-electron chi connectivity index (χ3n) is 3.14. The molecule has 1 aliphatic rings. The fourth-order valence-electron chi connectivity index (χ4n) is 2.23. The Kier molecular flexibility index (Phi) is 4.27. The molecule has 0 spiro atoms. The third-order valence-corrected chi connectivity index (χ3v) is 3.14. The molecule has 1 saturated heterocycles. The van der Waals surface area contributed by atoms with Crippen LogP contribution in [0.15, 0.2) is 4.42 Å². The number of nitrogens with one attached hydrogen (secondary N) is 1. The van der Waals surface area contributed by atoms with Crippen molar-refractivity contribution in [3.05, 3.63) is 5.89 Å². The molecule has 1 atom stereocenters. The minimum absolute atomic E-state index is 0.140. The van der Waals surface area contributed by atoms with Crippen LogP contribution in [0.4, 0.5) is 6.01 Å². The second kappa shape index (κ2) is 5.92. The monoisotopic (exact) mass is 253 g/mol. The van der Waals surface area contributed by atoms with Gasteiger partial charge in [0.2, 0.25) is 11.8 Å². The average Bonchev–Trinajstić information content (AvgIpc) is 2.75. The summed E-state index contributed by atoms with van der Waals surface area (Å²) in [4.78, 5) is 13.9. The Labute approximate surface area is 106 Å². The van der Waals surface area contributed by atoms with Crippen molar-refractivity contribution in [3.8, 4) is 0 Å². The van der Waals surface area contributed by atoms with Gasteiger partial charge in [0.1, 0.15) is 0 Å². The Morgan fingerprint density at radius 1 is 1.56 bits per heavy atom. The van der Waals surface area contributed by atoms with Crippen molar-refractivity contribution in [1.29, 1.82) is 0 Å². The normalized spacial score (nSPS) is 20.9. The van der Waals surface area contributed by atoms with E-state index in [0.29, 0.717) is 25.0 Å². The van der Waals surface area contributed by atoms with Gasteiger partial charge in [0.25, 0.3) is 0 Å². The SMILES string of the molecule is Cc1nnc(NC(=O)CN2CCCCC2CN)o1. The topological polar surface area (TPSA) is 97.3 Å². The minimum Gasteiger partial charge on any atom is -0.408 e. The number of rotatable bonds is 4. The zero-order valence-corrected chi connectivity index (χ0v) is 10.6. The Hall–Kier alpha value is -1.47. The largest absolute Gasteiger partial charge is 0.408 e. The summed E-state index contributed by atoms with van der Waals surface area (Å²) in [6.07, 6.45) is 3.36. The number of amides is 1. The van der Waals surface area contributed by atoms with E-state index in [1.165, 1.54) is 6.42 Å². The van der Waals surface area contributed by atoms with Gasteiger partial charge in [-0.15, -0.1) is 5.10 Å². The van der Waals surface area contributed by atoms with Crippen LogP contribution in [0.1, 0.15) is 25.2 Å². The zero-order chi connectivity index (χ0) is 13.0. The molecule has 1 fully saturated rings. The molecule has 2 heterocycles. The number of hydrogen-bond donors (Lipinski definition) is 2. The molecule has 0 aliphatic carbocycles. The molecule has 0 aromatic carbocycles. The molecule has 1 aliphatic heterocycles. The number of nitrogens with zero attached hydrogens (tertiary/aromatic N) is 3. The van der Waals surface area contributed by atoms with Gasteiger partial charge in [0, 0.05) is 19.5 Å². The van der Waals surface area contributed by atoms with Gasteiger partial charge in [-0.05, 0) is 19.4 Å². The standard InChI is InChI=1S/C11H19N5O2/c1-8-14-15-11(18-8)13-10(17)7-16-5-3-2-4-9(16)6-12/h9H,2-7,12H2,1H3,(H,13,15,17). The number of anilines is 1. The lowest BCUT2D eigenvalue weighted by Crippen LogP contribution is -2.47. The van der Waals surface area contributed by atoms with Crippen LogP contribution in [0.3, 0.4) is 0 Å². The predicted molar refractivity (Wildman–Crippen MR) is 65.9 cm³/mol. The van der Waals surface area contributed by atoms with E-state index in [4.69, 9.17) is 10.2 Å². The molecular formula is C11H19N5O2. The number of aromatic nitrogens is 2. The van der Waals surface area contributed by atoms with Gasteiger partial charge >= 0.3 is 6.01 Å². The molecule has 0 saturated carbocycles. The van der Waals surface area contributed by atoms with Crippen LogP contribution in [-0.2, 0) is 4.79 Å². The fraction of sp³-hybridized carbons (Fsp3) is 0.727. The number of likely N-dealkylation sites (tertiary alicyclic amines) is 1. The van der Waals surface area contributed by atoms with Crippen molar-refractivity contribution in [2.45, 2.75) is 32.2 Å². The summed E-state index contributed by atoms with van der Waals surface area (Å²) in [6.45, 7) is 3.51. The summed E-state index contributed by atoms with van der Waals surface area (Å²) in [7, 11) is 0. The number of carbonyl (C=O) groups is 1. The molecule has 18 heavy (non-hydrogen) atoms. The Balaban J connectivity index is 1.86. The van der Waals surface area contributed by atoms with Crippen molar-refractivity contribution < 1.29 is 9.21 Å². The van der Waals surface area contributed by atoms with Gasteiger partial charge in [-0.2, -0.15) is 0 Å². The molecule has 7 nitrogen and oxygen atoms in total. The number of nitrogens with two attached hydrogens (primary N) is 1.